The maximum atomic E-state index is 11.7. The zero-order valence-corrected chi connectivity index (χ0v) is 9.46. The maximum Gasteiger partial charge on any atom is 0.223 e. The van der Waals surface area contributed by atoms with E-state index in [1.54, 1.807) is 0 Å². The van der Waals surface area contributed by atoms with Crippen molar-refractivity contribution < 1.29 is 4.79 Å². The largest absolute Gasteiger partial charge is 0.356 e. The minimum atomic E-state index is 0.194. The standard InChI is InChI=1S/C12H20N2O/c1-10-4-6-11(7-5-10)12(15)14-9-3-2-8-13/h10-11H,2-7,9H2,1H3,(H,14,15). The molecular weight excluding hydrogens is 188 g/mol. The summed E-state index contributed by atoms with van der Waals surface area (Å²) in [5.74, 6) is 1.20. The molecule has 15 heavy (non-hydrogen) atoms. The molecule has 0 radical (unpaired) electrons. The number of hydrogen-bond acceptors (Lipinski definition) is 2. The Balaban J connectivity index is 2.14. The third-order valence-corrected chi connectivity index (χ3v) is 3.15. The van der Waals surface area contributed by atoms with Gasteiger partial charge in [-0.1, -0.05) is 6.92 Å². The summed E-state index contributed by atoms with van der Waals surface area (Å²) in [5.41, 5.74) is 0. The van der Waals surface area contributed by atoms with Gasteiger partial charge in [-0.3, -0.25) is 4.79 Å². The highest BCUT2D eigenvalue weighted by atomic mass is 16.1. The fraction of sp³-hybridized carbons (Fsp3) is 0.833. The van der Waals surface area contributed by atoms with Crippen LogP contribution in [0, 0.1) is 23.2 Å². The van der Waals surface area contributed by atoms with Gasteiger partial charge in [-0.2, -0.15) is 5.26 Å². The summed E-state index contributed by atoms with van der Waals surface area (Å²) < 4.78 is 0. The minimum Gasteiger partial charge on any atom is -0.356 e. The summed E-state index contributed by atoms with van der Waals surface area (Å²) in [4.78, 5) is 11.7. The van der Waals surface area contributed by atoms with E-state index < -0.39 is 0 Å². The van der Waals surface area contributed by atoms with Crippen molar-refractivity contribution in [2.45, 2.75) is 45.4 Å². The second-order valence-electron chi connectivity index (χ2n) is 4.51. The van der Waals surface area contributed by atoms with Gasteiger partial charge < -0.3 is 5.32 Å². The first kappa shape index (κ1) is 12.0. The zero-order valence-electron chi connectivity index (χ0n) is 9.46. The van der Waals surface area contributed by atoms with Crippen LogP contribution in [0.25, 0.3) is 0 Å². The molecule has 0 saturated heterocycles. The molecule has 1 aliphatic rings. The molecule has 3 nitrogen and oxygen atoms in total. The average Bonchev–Trinajstić information content (AvgIpc) is 2.25. The highest BCUT2D eigenvalue weighted by molar-refractivity contribution is 5.78. The van der Waals surface area contributed by atoms with Crippen molar-refractivity contribution in [3.63, 3.8) is 0 Å². The van der Waals surface area contributed by atoms with Crippen LogP contribution < -0.4 is 5.32 Å². The lowest BCUT2D eigenvalue weighted by atomic mass is 9.82. The van der Waals surface area contributed by atoms with Crippen molar-refractivity contribution >= 4 is 5.91 Å². The van der Waals surface area contributed by atoms with Crippen molar-refractivity contribution in [2.75, 3.05) is 6.54 Å². The Kier molecular flexibility index (Phi) is 5.17. The summed E-state index contributed by atoms with van der Waals surface area (Å²) in [6, 6.07) is 2.08. The number of unbranched alkanes of at least 4 members (excludes halogenated alkanes) is 1. The fourth-order valence-electron chi connectivity index (χ4n) is 2.05. The molecule has 1 saturated carbocycles. The van der Waals surface area contributed by atoms with Gasteiger partial charge in [0.25, 0.3) is 0 Å². The Morgan fingerprint density at radius 1 is 1.40 bits per heavy atom. The van der Waals surface area contributed by atoms with Gasteiger partial charge in [0.2, 0.25) is 5.91 Å². The summed E-state index contributed by atoms with van der Waals surface area (Å²) in [5, 5.41) is 11.3. The van der Waals surface area contributed by atoms with Gasteiger partial charge in [-0.25, -0.2) is 0 Å². The number of amides is 1. The van der Waals surface area contributed by atoms with Gasteiger partial charge in [-0.05, 0) is 38.0 Å². The van der Waals surface area contributed by atoms with Crippen molar-refractivity contribution in [1.29, 1.82) is 5.26 Å². The summed E-state index contributed by atoms with van der Waals surface area (Å²) in [7, 11) is 0. The smallest absolute Gasteiger partial charge is 0.223 e. The van der Waals surface area contributed by atoms with Crippen molar-refractivity contribution in [2.24, 2.45) is 11.8 Å². The summed E-state index contributed by atoms with van der Waals surface area (Å²) >= 11 is 0. The number of nitriles is 1. The Morgan fingerprint density at radius 3 is 2.67 bits per heavy atom. The number of nitrogens with zero attached hydrogens (tertiary/aromatic N) is 1. The Labute approximate surface area is 91.9 Å². The molecular formula is C12H20N2O. The average molecular weight is 208 g/mol. The van der Waals surface area contributed by atoms with E-state index in [1.807, 2.05) is 0 Å². The van der Waals surface area contributed by atoms with Crippen LogP contribution in [0.2, 0.25) is 0 Å². The molecule has 0 aliphatic heterocycles. The first-order valence-corrected chi connectivity index (χ1v) is 5.88. The van der Waals surface area contributed by atoms with Gasteiger partial charge in [0.05, 0.1) is 6.07 Å². The molecule has 1 N–H and O–H groups in total. The van der Waals surface area contributed by atoms with Crippen LogP contribution in [0.1, 0.15) is 45.4 Å². The monoisotopic (exact) mass is 208 g/mol. The van der Waals surface area contributed by atoms with E-state index in [9.17, 15) is 4.79 Å². The predicted molar refractivity (Wildman–Crippen MR) is 59.0 cm³/mol. The molecule has 0 heterocycles. The van der Waals surface area contributed by atoms with Crippen LogP contribution in [-0.2, 0) is 4.79 Å². The highest BCUT2D eigenvalue weighted by Gasteiger charge is 2.23. The molecule has 0 atom stereocenters. The van der Waals surface area contributed by atoms with Crippen molar-refractivity contribution in [1.82, 2.24) is 5.32 Å². The molecule has 0 spiro atoms. The van der Waals surface area contributed by atoms with Crippen LogP contribution >= 0.6 is 0 Å². The lowest BCUT2D eigenvalue weighted by molar-refractivity contribution is -0.126. The zero-order chi connectivity index (χ0) is 11.1. The van der Waals surface area contributed by atoms with Crippen LogP contribution in [0.3, 0.4) is 0 Å². The van der Waals surface area contributed by atoms with Gasteiger partial charge in [0.15, 0.2) is 0 Å². The molecule has 0 bridgehead atoms. The predicted octanol–water partition coefficient (Wildman–Crippen LogP) is 2.23. The lowest BCUT2D eigenvalue weighted by Gasteiger charge is -2.25. The Bertz CT molecular complexity index is 236. The molecule has 0 aromatic carbocycles. The SMILES string of the molecule is CC1CCC(C(=O)NCCCC#N)CC1. The topological polar surface area (TPSA) is 52.9 Å². The van der Waals surface area contributed by atoms with E-state index in [2.05, 4.69) is 18.3 Å². The molecule has 1 aliphatic carbocycles. The summed E-state index contributed by atoms with van der Waals surface area (Å²) in [6.07, 6.45) is 5.72. The normalized spacial score (nSPS) is 25.6. The van der Waals surface area contributed by atoms with E-state index in [4.69, 9.17) is 5.26 Å². The van der Waals surface area contributed by atoms with Crippen LogP contribution in [0.5, 0.6) is 0 Å². The van der Waals surface area contributed by atoms with Gasteiger partial charge in [0.1, 0.15) is 0 Å². The molecule has 0 aromatic rings. The molecule has 1 amide bonds. The molecule has 0 aromatic heterocycles. The molecule has 1 fully saturated rings. The highest BCUT2D eigenvalue weighted by Crippen LogP contribution is 2.28. The Hall–Kier alpha value is -1.04. The van der Waals surface area contributed by atoms with E-state index >= 15 is 0 Å². The number of nitrogens with one attached hydrogen (secondary N) is 1. The van der Waals surface area contributed by atoms with Gasteiger partial charge >= 0.3 is 0 Å². The third kappa shape index (κ3) is 4.33. The van der Waals surface area contributed by atoms with Crippen LogP contribution in [-0.4, -0.2) is 12.5 Å². The maximum absolute atomic E-state index is 11.7. The second-order valence-corrected chi connectivity index (χ2v) is 4.51. The van der Waals surface area contributed by atoms with Crippen LogP contribution in [0.15, 0.2) is 0 Å². The summed E-state index contributed by atoms with van der Waals surface area (Å²) in [6.45, 7) is 2.90. The quantitative estimate of drug-likeness (QED) is 0.720. The molecule has 3 heteroatoms. The Morgan fingerprint density at radius 2 is 2.07 bits per heavy atom. The number of carbonyl (C=O) groups is 1. The molecule has 1 rings (SSSR count). The van der Waals surface area contributed by atoms with E-state index in [1.165, 1.54) is 12.8 Å². The van der Waals surface area contributed by atoms with Crippen molar-refractivity contribution in [3.05, 3.63) is 0 Å². The van der Waals surface area contributed by atoms with Gasteiger partial charge in [0, 0.05) is 18.9 Å². The third-order valence-electron chi connectivity index (χ3n) is 3.15. The van der Waals surface area contributed by atoms with Crippen LogP contribution in [0.4, 0.5) is 0 Å². The first-order chi connectivity index (χ1) is 7.24. The number of rotatable bonds is 4. The van der Waals surface area contributed by atoms with E-state index in [0.29, 0.717) is 13.0 Å². The van der Waals surface area contributed by atoms with Gasteiger partial charge in [-0.15, -0.1) is 0 Å². The first-order valence-electron chi connectivity index (χ1n) is 5.88. The fourth-order valence-corrected chi connectivity index (χ4v) is 2.05. The molecule has 84 valence electrons. The number of carbonyl (C=O) groups excluding carboxylic acids is 1. The number of hydrogen-bond donors (Lipinski definition) is 1. The lowest BCUT2D eigenvalue weighted by Crippen LogP contribution is -2.33. The minimum absolute atomic E-state index is 0.194. The van der Waals surface area contributed by atoms with Crippen molar-refractivity contribution in [3.8, 4) is 6.07 Å². The second kappa shape index (κ2) is 6.44. The van der Waals surface area contributed by atoms with E-state index in [0.717, 1.165) is 25.2 Å². The molecule has 0 unspecified atom stereocenters. The van der Waals surface area contributed by atoms with E-state index in [-0.39, 0.29) is 11.8 Å².